The minimum absolute atomic E-state index is 0.161. The van der Waals surface area contributed by atoms with Crippen molar-refractivity contribution in [3.63, 3.8) is 0 Å². The minimum atomic E-state index is -0.202. The van der Waals surface area contributed by atoms with Crippen LogP contribution >= 0.6 is 0 Å². The van der Waals surface area contributed by atoms with Crippen LogP contribution < -0.4 is 5.32 Å². The van der Waals surface area contributed by atoms with Gasteiger partial charge in [0.2, 0.25) is 0 Å². The molecule has 1 N–H and O–H groups in total. The molecule has 1 aliphatic heterocycles. The third-order valence-electron chi connectivity index (χ3n) is 3.47. The summed E-state index contributed by atoms with van der Waals surface area (Å²) in [6.07, 6.45) is 0. The van der Waals surface area contributed by atoms with E-state index in [9.17, 15) is 4.79 Å². The van der Waals surface area contributed by atoms with Gasteiger partial charge in [0, 0.05) is 39.3 Å². The fraction of sp³-hybridized carbons (Fsp3) is 0.929. The number of carbonyl (C=O) groups is 1. The predicted octanol–water partition coefficient (Wildman–Crippen LogP) is 0.411. The van der Waals surface area contributed by atoms with Crippen molar-refractivity contribution < 1.29 is 9.53 Å². The Labute approximate surface area is 117 Å². The molecule has 19 heavy (non-hydrogen) atoms. The molecule has 1 fully saturated rings. The van der Waals surface area contributed by atoms with Crippen LogP contribution in [-0.4, -0.2) is 74.7 Å². The Hall–Kier alpha value is -0.650. The van der Waals surface area contributed by atoms with Gasteiger partial charge in [0.1, 0.15) is 6.04 Å². The summed E-state index contributed by atoms with van der Waals surface area (Å²) in [5.74, 6) is 0.558. The maximum Gasteiger partial charge on any atom is 0.324 e. The molecular formula is C14H29N3O2. The lowest BCUT2D eigenvalue weighted by Gasteiger charge is -2.36. The van der Waals surface area contributed by atoms with E-state index < -0.39 is 0 Å². The molecule has 112 valence electrons. The summed E-state index contributed by atoms with van der Waals surface area (Å²) >= 11 is 0. The van der Waals surface area contributed by atoms with Gasteiger partial charge in [-0.2, -0.15) is 0 Å². The fourth-order valence-corrected chi connectivity index (χ4v) is 2.54. The van der Waals surface area contributed by atoms with Gasteiger partial charge in [-0.05, 0) is 12.5 Å². The molecule has 0 spiro atoms. The van der Waals surface area contributed by atoms with Crippen molar-refractivity contribution in [2.24, 2.45) is 5.92 Å². The third-order valence-corrected chi connectivity index (χ3v) is 3.47. The lowest BCUT2D eigenvalue weighted by molar-refractivity contribution is -0.143. The second-order valence-electron chi connectivity index (χ2n) is 5.63. The molecule has 0 aromatic heterocycles. The van der Waals surface area contributed by atoms with Crippen LogP contribution in [0.5, 0.6) is 0 Å². The van der Waals surface area contributed by atoms with Crippen molar-refractivity contribution in [2.75, 3.05) is 52.9 Å². The highest BCUT2D eigenvalue weighted by atomic mass is 16.5. The van der Waals surface area contributed by atoms with Crippen LogP contribution in [0, 0.1) is 5.92 Å². The maximum atomic E-state index is 11.7. The standard InChI is InChI=1S/C14H29N3O2/c1-5-15-13(14(18)19-4)11-17-8-6-16(7-9-17)10-12(2)3/h12-13,15H,5-11H2,1-4H3. The number of rotatable bonds is 7. The number of nitrogens with zero attached hydrogens (tertiary/aromatic N) is 2. The highest BCUT2D eigenvalue weighted by Crippen LogP contribution is 2.06. The number of likely N-dealkylation sites (N-methyl/N-ethyl adjacent to an activating group) is 1. The quantitative estimate of drug-likeness (QED) is 0.680. The molecule has 0 bridgehead atoms. The molecule has 0 saturated carbocycles. The van der Waals surface area contributed by atoms with Crippen LogP contribution in [0.4, 0.5) is 0 Å². The van der Waals surface area contributed by atoms with Gasteiger partial charge >= 0.3 is 5.97 Å². The molecule has 5 nitrogen and oxygen atoms in total. The molecule has 0 aromatic rings. The Bertz CT molecular complexity index is 263. The first-order valence-corrected chi connectivity index (χ1v) is 7.32. The van der Waals surface area contributed by atoms with Gasteiger partial charge in [-0.1, -0.05) is 20.8 Å². The van der Waals surface area contributed by atoms with E-state index in [1.807, 2.05) is 6.92 Å². The normalized spacial score (nSPS) is 19.6. The fourth-order valence-electron chi connectivity index (χ4n) is 2.54. The van der Waals surface area contributed by atoms with Crippen LogP contribution in [0.15, 0.2) is 0 Å². The van der Waals surface area contributed by atoms with Crippen molar-refractivity contribution in [2.45, 2.75) is 26.8 Å². The molecule has 1 unspecified atom stereocenters. The van der Waals surface area contributed by atoms with Gasteiger partial charge in [-0.25, -0.2) is 0 Å². The highest BCUT2D eigenvalue weighted by Gasteiger charge is 2.24. The number of esters is 1. The Kier molecular flexibility index (Phi) is 7.34. The molecular weight excluding hydrogens is 242 g/mol. The van der Waals surface area contributed by atoms with Gasteiger partial charge in [-0.3, -0.25) is 9.69 Å². The van der Waals surface area contributed by atoms with Crippen LogP contribution in [0.25, 0.3) is 0 Å². The van der Waals surface area contributed by atoms with E-state index in [-0.39, 0.29) is 12.0 Å². The molecule has 0 aromatic carbocycles. The summed E-state index contributed by atoms with van der Waals surface area (Å²) in [4.78, 5) is 16.5. The second kappa shape index (κ2) is 8.51. The third kappa shape index (κ3) is 5.89. The Balaban J connectivity index is 2.35. The average Bonchev–Trinajstić information content (AvgIpc) is 2.39. The Morgan fingerprint density at radius 2 is 1.68 bits per heavy atom. The number of hydrogen-bond donors (Lipinski definition) is 1. The minimum Gasteiger partial charge on any atom is -0.468 e. The topological polar surface area (TPSA) is 44.8 Å². The average molecular weight is 271 g/mol. The molecule has 1 rings (SSSR count). The van der Waals surface area contributed by atoms with Crippen LogP contribution in [0.3, 0.4) is 0 Å². The SMILES string of the molecule is CCNC(CN1CCN(CC(C)C)CC1)C(=O)OC. The summed E-state index contributed by atoms with van der Waals surface area (Å²) in [6, 6.07) is -0.202. The molecule has 1 heterocycles. The van der Waals surface area contributed by atoms with E-state index in [2.05, 4.69) is 29.0 Å². The zero-order chi connectivity index (χ0) is 14.3. The maximum absolute atomic E-state index is 11.7. The first-order valence-electron chi connectivity index (χ1n) is 7.32. The molecule has 0 amide bonds. The molecule has 1 atom stereocenters. The number of nitrogens with one attached hydrogen (secondary N) is 1. The monoisotopic (exact) mass is 271 g/mol. The molecule has 5 heteroatoms. The van der Waals surface area contributed by atoms with Crippen molar-refractivity contribution in [3.05, 3.63) is 0 Å². The number of hydrogen-bond acceptors (Lipinski definition) is 5. The van der Waals surface area contributed by atoms with Crippen LogP contribution in [-0.2, 0) is 9.53 Å². The van der Waals surface area contributed by atoms with Gasteiger partial charge in [0.15, 0.2) is 0 Å². The molecule has 0 radical (unpaired) electrons. The van der Waals surface area contributed by atoms with E-state index in [4.69, 9.17) is 4.74 Å². The summed E-state index contributed by atoms with van der Waals surface area (Å²) in [6.45, 7) is 13.5. The smallest absolute Gasteiger partial charge is 0.324 e. The highest BCUT2D eigenvalue weighted by molar-refractivity contribution is 5.75. The first-order chi connectivity index (χ1) is 9.06. The zero-order valence-electron chi connectivity index (χ0n) is 12.8. The van der Waals surface area contributed by atoms with Crippen molar-refractivity contribution in [1.82, 2.24) is 15.1 Å². The lowest BCUT2D eigenvalue weighted by atomic mass is 10.2. The van der Waals surface area contributed by atoms with Gasteiger partial charge in [0.25, 0.3) is 0 Å². The van der Waals surface area contributed by atoms with Gasteiger partial charge < -0.3 is 15.0 Å². The lowest BCUT2D eigenvalue weighted by Crippen LogP contribution is -2.53. The first kappa shape index (κ1) is 16.4. The number of carbonyl (C=O) groups excluding carboxylic acids is 1. The van der Waals surface area contributed by atoms with Crippen molar-refractivity contribution in [1.29, 1.82) is 0 Å². The van der Waals surface area contributed by atoms with E-state index in [0.717, 1.165) is 45.2 Å². The second-order valence-corrected chi connectivity index (χ2v) is 5.63. The molecule has 1 saturated heterocycles. The largest absolute Gasteiger partial charge is 0.468 e. The van der Waals surface area contributed by atoms with E-state index in [1.165, 1.54) is 13.7 Å². The Morgan fingerprint density at radius 3 is 2.11 bits per heavy atom. The number of methoxy groups -OCH3 is 1. The summed E-state index contributed by atoms with van der Waals surface area (Å²) < 4.78 is 4.84. The molecule has 0 aliphatic carbocycles. The van der Waals surface area contributed by atoms with Gasteiger partial charge in [-0.15, -0.1) is 0 Å². The molecule has 1 aliphatic rings. The predicted molar refractivity (Wildman–Crippen MR) is 77.2 cm³/mol. The van der Waals surface area contributed by atoms with Crippen molar-refractivity contribution in [3.8, 4) is 0 Å². The van der Waals surface area contributed by atoms with E-state index in [1.54, 1.807) is 0 Å². The van der Waals surface area contributed by atoms with Crippen LogP contribution in [0.2, 0.25) is 0 Å². The van der Waals surface area contributed by atoms with E-state index in [0.29, 0.717) is 0 Å². The zero-order valence-corrected chi connectivity index (χ0v) is 12.8. The number of ether oxygens (including phenoxy) is 1. The summed E-state index contributed by atoms with van der Waals surface area (Å²) in [5.41, 5.74) is 0. The Morgan fingerprint density at radius 1 is 1.16 bits per heavy atom. The van der Waals surface area contributed by atoms with Gasteiger partial charge in [0.05, 0.1) is 7.11 Å². The summed E-state index contributed by atoms with van der Waals surface area (Å²) in [7, 11) is 1.45. The van der Waals surface area contributed by atoms with Crippen LogP contribution in [0.1, 0.15) is 20.8 Å². The van der Waals surface area contributed by atoms with E-state index >= 15 is 0 Å². The number of piperazine rings is 1. The van der Waals surface area contributed by atoms with Crippen molar-refractivity contribution >= 4 is 5.97 Å². The summed E-state index contributed by atoms with van der Waals surface area (Å²) in [5, 5.41) is 3.19.